The number of carbonyl (C=O) groups excluding carboxylic acids is 1. The second-order valence-electron chi connectivity index (χ2n) is 6.97. The van der Waals surface area contributed by atoms with E-state index in [2.05, 4.69) is 33.1 Å². The fourth-order valence-corrected chi connectivity index (χ4v) is 4.45. The predicted molar refractivity (Wildman–Crippen MR) is 142 cm³/mol. The average Bonchev–Trinajstić information content (AvgIpc) is 2.74. The zero-order chi connectivity index (χ0) is 24.0. The van der Waals surface area contributed by atoms with Crippen molar-refractivity contribution in [3.63, 3.8) is 0 Å². The molecule has 0 saturated carbocycles. The quantitative estimate of drug-likeness (QED) is 0.164. The van der Waals surface area contributed by atoms with E-state index in [9.17, 15) is 4.79 Å². The molecule has 172 valence electrons. The number of halogens is 4. The van der Waals surface area contributed by atoms with E-state index in [1.54, 1.807) is 30.3 Å². The highest BCUT2D eigenvalue weighted by Gasteiger charge is 2.14. The van der Waals surface area contributed by atoms with Crippen LogP contribution >= 0.6 is 57.4 Å². The molecule has 1 N–H and O–H groups in total. The topological polar surface area (TPSA) is 59.9 Å². The summed E-state index contributed by atoms with van der Waals surface area (Å²) in [5, 5.41) is 5.52. The van der Waals surface area contributed by atoms with Gasteiger partial charge in [0.2, 0.25) is 0 Å². The number of rotatable bonds is 8. The van der Waals surface area contributed by atoms with Crippen molar-refractivity contribution in [1.82, 2.24) is 5.43 Å². The van der Waals surface area contributed by atoms with Crippen molar-refractivity contribution >= 4 is 69.5 Å². The van der Waals surface area contributed by atoms with Crippen molar-refractivity contribution < 1.29 is 14.3 Å². The Labute approximate surface area is 221 Å². The van der Waals surface area contributed by atoms with Crippen LogP contribution in [0.25, 0.3) is 0 Å². The van der Waals surface area contributed by atoms with Crippen molar-refractivity contribution in [1.29, 1.82) is 0 Å². The van der Waals surface area contributed by atoms with Crippen LogP contribution in [0.3, 0.4) is 0 Å². The Morgan fingerprint density at radius 2 is 1.85 bits per heavy atom. The first kappa shape index (κ1) is 25.6. The maximum absolute atomic E-state index is 12.4. The number of hydrogen-bond donors (Lipinski definition) is 1. The molecule has 0 radical (unpaired) electrons. The van der Waals surface area contributed by atoms with Crippen LogP contribution in [0.15, 0.2) is 53.6 Å². The van der Waals surface area contributed by atoms with Gasteiger partial charge < -0.3 is 9.47 Å². The average molecular weight is 618 g/mol. The Bertz CT molecular complexity index is 1200. The minimum Gasteiger partial charge on any atom is -0.490 e. The zero-order valence-electron chi connectivity index (χ0n) is 17.8. The Balaban J connectivity index is 1.74. The van der Waals surface area contributed by atoms with Gasteiger partial charge in [-0.15, -0.1) is 0 Å². The summed E-state index contributed by atoms with van der Waals surface area (Å²) >= 11 is 20.5. The normalized spacial score (nSPS) is 11.0. The van der Waals surface area contributed by atoms with Gasteiger partial charge in [-0.1, -0.05) is 46.9 Å². The van der Waals surface area contributed by atoms with Gasteiger partial charge in [0, 0.05) is 15.6 Å². The van der Waals surface area contributed by atoms with Crippen LogP contribution in [0.4, 0.5) is 0 Å². The van der Waals surface area contributed by atoms with Gasteiger partial charge in [0.25, 0.3) is 5.91 Å². The van der Waals surface area contributed by atoms with E-state index in [4.69, 9.17) is 44.3 Å². The summed E-state index contributed by atoms with van der Waals surface area (Å²) in [7, 11) is 0. The van der Waals surface area contributed by atoms with Gasteiger partial charge in [0.1, 0.15) is 6.61 Å². The van der Waals surface area contributed by atoms with E-state index in [0.29, 0.717) is 38.7 Å². The van der Waals surface area contributed by atoms with Crippen molar-refractivity contribution in [2.75, 3.05) is 6.61 Å². The number of hydrogen-bond acceptors (Lipinski definition) is 4. The third-order valence-corrected chi connectivity index (χ3v) is 6.17. The molecule has 0 unspecified atom stereocenters. The summed E-state index contributed by atoms with van der Waals surface area (Å²) < 4.78 is 12.6. The first-order valence-electron chi connectivity index (χ1n) is 9.91. The molecular formula is C24H20Cl3IN2O3. The number of nitrogens with one attached hydrogen (secondary N) is 1. The van der Waals surface area contributed by atoms with Gasteiger partial charge in [-0.2, -0.15) is 5.10 Å². The van der Waals surface area contributed by atoms with Crippen LogP contribution in [0, 0.1) is 10.5 Å². The maximum atomic E-state index is 12.4. The molecule has 9 heteroatoms. The Hall–Kier alpha value is -2.00. The smallest absolute Gasteiger partial charge is 0.272 e. The highest BCUT2D eigenvalue weighted by molar-refractivity contribution is 14.1. The molecule has 3 rings (SSSR count). The highest BCUT2D eigenvalue weighted by atomic mass is 127. The minimum absolute atomic E-state index is 0.257. The van der Waals surface area contributed by atoms with Crippen LogP contribution in [0.2, 0.25) is 15.1 Å². The Morgan fingerprint density at radius 3 is 2.55 bits per heavy atom. The lowest BCUT2D eigenvalue weighted by molar-refractivity contribution is 0.0955. The molecule has 3 aromatic carbocycles. The molecule has 0 saturated heterocycles. The number of aryl methyl sites for hydroxylation is 1. The third kappa shape index (κ3) is 6.99. The van der Waals surface area contributed by atoms with Crippen molar-refractivity contribution in [3.05, 3.63) is 89.4 Å². The predicted octanol–water partition coefficient (Wildman–Crippen LogP) is 7.30. The maximum Gasteiger partial charge on any atom is 0.272 e. The number of benzene rings is 3. The van der Waals surface area contributed by atoms with Gasteiger partial charge >= 0.3 is 0 Å². The van der Waals surface area contributed by atoms with Crippen LogP contribution in [0.5, 0.6) is 11.5 Å². The summed E-state index contributed by atoms with van der Waals surface area (Å²) in [6.45, 7) is 4.50. The summed E-state index contributed by atoms with van der Waals surface area (Å²) in [6, 6.07) is 14.1. The molecule has 0 aliphatic rings. The Kier molecular flexibility index (Phi) is 9.26. The monoisotopic (exact) mass is 616 g/mol. The molecule has 0 aromatic heterocycles. The lowest BCUT2D eigenvalue weighted by atomic mass is 10.1. The fourth-order valence-electron chi connectivity index (χ4n) is 2.88. The van der Waals surface area contributed by atoms with Crippen LogP contribution in [-0.2, 0) is 6.61 Å². The van der Waals surface area contributed by atoms with Gasteiger partial charge in [-0.25, -0.2) is 5.43 Å². The minimum atomic E-state index is -0.393. The van der Waals surface area contributed by atoms with Crippen molar-refractivity contribution in [2.45, 2.75) is 20.5 Å². The van der Waals surface area contributed by atoms with E-state index >= 15 is 0 Å². The van der Waals surface area contributed by atoms with Gasteiger partial charge in [0.05, 0.1) is 27.0 Å². The van der Waals surface area contributed by atoms with E-state index in [1.807, 2.05) is 32.0 Å². The van der Waals surface area contributed by atoms with Gasteiger partial charge in [0.15, 0.2) is 11.5 Å². The third-order valence-electron chi connectivity index (χ3n) is 4.47. The van der Waals surface area contributed by atoms with E-state index in [0.717, 1.165) is 20.3 Å². The fraction of sp³-hybridized carbons (Fsp3) is 0.167. The zero-order valence-corrected chi connectivity index (χ0v) is 22.2. The van der Waals surface area contributed by atoms with Gasteiger partial charge in [-0.05, 0) is 84.0 Å². The lowest BCUT2D eigenvalue weighted by Gasteiger charge is -2.15. The summed E-state index contributed by atoms with van der Waals surface area (Å²) in [6.07, 6.45) is 1.53. The molecule has 1 amide bonds. The number of nitrogens with zero attached hydrogens (tertiary/aromatic N) is 1. The number of hydrazone groups is 1. The second-order valence-corrected chi connectivity index (χ2v) is 9.38. The molecular weight excluding hydrogens is 598 g/mol. The van der Waals surface area contributed by atoms with Crippen molar-refractivity contribution in [3.8, 4) is 11.5 Å². The summed E-state index contributed by atoms with van der Waals surface area (Å²) in [5.74, 6) is 0.760. The molecule has 0 bridgehead atoms. The Morgan fingerprint density at radius 1 is 1.06 bits per heavy atom. The van der Waals surface area contributed by atoms with E-state index in [-0.39, 0.29) is 6.61 Å². The number of carbonyl (C=O) groups is 1. The molecule has 33 heavy (non-hydrogen) atoms. The van der Waals surface area contributed by atoms with E-state index in [1.165, 1.54) is 6.21 Å². The van der Waals surface area contributed by atoms with Crippen LogP contribution in [-0.4, -0.2) is 18.7 Å². The molecule has 0 heterocycles. The summed E-state index contributed by atoms with van der Waals surface area (Å²) in [5.41, 5.74) is 5.36. The molecule has 3 aromatic rings. The highest BCUT2D eigenvalue weighted by Crippen LogP contribution is 2.35. The molecule has 5 nitrogen and oxygen atoms in total. The van der Waals surface area contributed by atoms with Gasteiger partial charge in [-0.3, -0.25) is 4.79 Å². The number of amides is 1. The standard InChI is InChI=1S/C24H20Cl3IN2O3/c1-3-32-22-10-15(12-29-30-24(31)18-7-4-14(2)8-20(18)27)9-21(28)23(22)33-13-16-5-6-17(25)11-19(16)26/h4-12H,3,13H2,1-2H3,(H,30,31)/b29-12-. The largest absolute Gasteiger partial charge is 0.490 e. The molecule has 0 fully saturated rings. The first-order chi connectivity index (χ1) is 15.8. The van der Waals surface area contributed by atoms with Crippen molar-refractivity contribution in [2.24, 2.45) is 5.10 Å². The number of ether oxygens (including phenoxy) is 2. The SMILES string of the molecule is CCOc1cc(/C=N\NC(=O)c2ccc(C)cc2Cl)cc(I)c1OCc1ccc(Cl)cc1Cl. The molecule has 0 aliphatic heterocycles. The van der Waals surface area contributed by atoms with Crippen LogP contribution in [0.1, 0.15) is 34.0 Å². The first-order valence-corrected chi connectivity index (χ1v) is 12.1. The van der Waals surface area contributed by atoms with Crippen LogP contribution < -0.4 is 14.9 Å². The molecule has 0 atom stereocenters. The second kappa shape index (κ2) is 11.9. The molecule has 0 spiro atoms. The molecule has 0 aliphatic carbocycles. The van der Waals surface area contributed by atoms with E-state index < -0.39 is 5.91 Å². The summed E-state index contributed by atoms with van der Waals surface area (Å²) in [4.78, 5) is 12.4. The lowest BCUT2D eigenvalue weighted by Crippen LogP contribution is -2.18.